The van der Waals surface area contributed by atoms with Crippen LogP contribution in [0.2, 0.25) is 0 Å². The molecular weight excluding hydrogens is 344 g/mol. The Morgan fingerprint density at radius 1 is 1.22 bits per heavy atom. The van der Waals surface area contributed by atoms with Gasteiger partial charge in [-0.1, -0.05) is 6.92 Å². The predicted molar refractivity (Wildman–Crippen MR) is 101 cm³/mol. The number of fused-ring (bicyclic) bond motifs is 1. The molecule has 0 radical (unpaired) electrons. The van der Waals surface area contributed by atoms with Crippen LogP contribution in [0.25, 0.3) is 10.9 Å². The maximum atomic E-state index is 12.9. The van der Waals surface area contributed by atoms with E-state index >= 15 is 0 Å². The van der Waals surface area contributed by atoms with Crippen LogP contribution in [-0.4, -0.2) is 33.4 Å². The van der Waals surface area contributed by atoms with Crippen molar-refractivity contribution in [3.63, 3.8) is 0 Å². The average Bonchev–Trinajstić information content (AvgIpc) is 3.06. The molecule has 1 aliphatic heterocycles. The molecule has 4 rings (SSSR count). The van der Waals surface area contributed by atoms with E-state index in [1.54, 1.807) is 12.1 Å². The third-order valence-corrected chi connectivity index (χ3v) is 6.07. The number of aromatic nitrogens is 1. The molecule has 3 N–H and O–H groups in total. The normalized spacial score (nSPS) is 25.3. The number of imide groups is 1. The second-order valence-electron chi connectivity index (χ2n) is 7.91. The van der Waals surface area contributed by atoms with Gasteiger partial charge in [-0.15, -0.1) is 0 Å². The van der Waals surface area contributed by atoms with Crippen molar-refractivity contribution >= 4 is 28.7 Å². The zero-order valence-electron chi connectivity index (χ0n) is 15.8. The van der Waals surface area contributed by atoms with Gasteiger partial charge >= 0.3 is 6.03 Å². The molecule has 1 saturated carbocycles. The minimum absolute atomic E-state index is 0.359. The largest absolute Gasteiger partial charge is 0.358 e. The van der Waals surface area contributed by atoms with Gasteiger partial charge in [0.25, 0.3) is 11.8 Å². The molecule has 0 bridgehead atoms. The minimum Gasteiger partial charge on any atom is -0.358 e. The van der Waals surface area contributed by atoms with E-state index in [-0.39, 0.29) is 5.91 Å². The van der Waals surface area contributed by atoms with Gasteiger partial charge in [-0.05, 0) is 69.2 Å². The van der Waals surface area contributed by atoms with Crippen LogP contribution in [0.4, 0.5) is 4.79 Å². The zero-order chi connectivity index (χ0) is 19.3. The highest BCUT2D eigenvalue weighted by Crippen LogP contribution is 2.35. The maximum absolute atomic E-state index is 12.9. The molecule has 0 unspecified atom stereocenters. The molecule has 0 atom stereocenters. The van der Waals surface area contributed by atoms with Gasteiger partial charge in [0.15, 0.2) is 0 Å². The van der Waals surface area contributed by atoms with Crippen molar-refractivity contribution < 1.29 is 14.4 Å². The van der Waals surface area contributed by atoms with E-state index in [9.17, 15) is 14.4 Å². The summed E-state index contributed by atoms with van der Waals surface area (Å²) in [4.78, 5) is 41.2. The van der Waals surface area contributed by atoms with Crippen molar-refractivity contribution in [2.75, 3.05) is 0 Å². The first-order valence-corrected chi connectivity index (χ1v) is 9.37. The van der Waals surface area contributed by atoms with E-state index < -0.39 is 17.5 Å². The Balaban J connectivity index is 1.55. The van der Waals surface area contributed by atoms with Crippen LogP contribution in [0, 0.1) is 19.8 Å². The highest BCUT2D eigenvalue weighted by atomic mass is 16.2. The number of carbonyl (C=O) groups is 3. The fraction of sp³-hybridized carbons (Fsp3) is 0.450. The monoisotopic (exact) mass is 368 g/mol. The van der Waals surface area contributed by atoms with Crippen molar-refractivity contribution in [3.05, 3.63) is 35.0 Å². The Bertz CT molecular complexity index is 954. The minimum atomic E-state index is -0.866. The molecule has 1 aliphatic carbocycles. The number of amides is 4. The zero-order valence-corrected chi connectivity index (χ0v) is 15.8. The molecule has 7 heteroatoms. The lowest BCUT2D eigenvalue weighted by atomic mass is 9.77. The van der Waals surface area contributed by atoms with Crippen molar-refractivity contribution in [2.45, 2.75) is 52.0 Å². The molecule has 1 aromatic heterocycles. The van der Waals surface area contributed by atoms with Crippen molar-refractivity contribution in [3.8, 4) is 0 Å². The van der Waals surface area contributed by atoms with E-state index in [0.717, 1.165) is 40.0 Å². The van der Waals surface area contributed by atoms with E-state index in [2.05, 4.69) is 22.7 Å². The number of H-pyrrole nitrogens is 1. The summed E-state index contributed by atoms with van der Waals surface area (Å²) in [7, 11) is 0. The molecule has 2 aromatic rings. The molecule has 1 aromatic carbocycles. The first-order valence-electron chi connectivity index (χ1n) is 9.37. The van der Waals surface area contributed by atoms with Crippen molar-refractivity contribution in [1.29, 1.82) is 0 Å². The second-order valence-corrected chi connectivity index (χ2v) is 7.91. The van der Waals surface area contributed by atoms with Gasteiger partial charge in [-0.3, -0.25) is 15.0 Å². The summed E-state index contributed by atoms with van der Waals surface area (Å²) in [5, 5.41) is 4.61. The van der Waals surface area contributed by atoms with Gasteiger partial charge in [0, 0.05) is 22.2 Å². The van der Waals surface area contributed by atoms with Gasteiger partial charge < -0.3 is 10.3 Å². The van der Waals surface area contributed by atoms with Crippen molar-refractivity contribution in [1.82, 2.24) is 20.7 Å². The standard InChI is InChI=1S/C20H24N4O3/c1-11-6-8-20(9-7-11)18(26)24(19(27)22-20)23-17(25)14-4-5-16-15(10-14)12(2)13(3)21-16/h4-5,10-11,21H,6-9H2,1-3H3,(H,22,27)(H,23,25). The molecule has 1 spiro atoms. The van der Waals surface area contributed by atoms with Crippen molar-refractivity contribution in [2.24, 2.45) is 5.92 Å². The Kier molecular flexibility index (Phi) is 3.98. The third kappa shape index (κ3) is 2.78. The number of carbonyl (C=O) groups excluding carboxylic acids is 3. The second kappa shape index (κ2) is 6.11. The number of nitrogens with one attached hydrogen (secondary N) is 3. The fourth-order valence-electron chi connectivity index (χ4n) is 4.08. The van der Waals surface area contributed by atoms with Crippen LogP contribution in [0.5, 0.6) is 0 Å². The quantitative estimate of drug-likeness (QED) is 0.712. The SMILES string of the molecule is Cc1[nH]c2ccc(C(=O)NN3C(=O)NC4(CCC(C)CC4)C3=O)cc2c1C. The predicted octanol–water partition coefficient (Wildman–Crippen LogP) is 2.93. The fourth-order valence-corrected chi connectivity index (χ4v) is 4.08. The maximum Gasteiger partial charge on any atom is 0.344 e. The summed E-state index contributed by atoms with van der Waals surface area (Å²) < 4.78 is 0. The number of aryl methyl sites for hydroxylation is 2. The van der Waals surface area contributed by atoms with E-state index in [0.29, 0.717) is 24.3 Å². The number of benzene rings is 1. The molecule has 2 aliphatic rings. The van der Waals surface area contributed by atoms with Gasteiger partial charge in [-0.25, -0.2) is 4.79 Å². The molecular formula is C20H24N4O3. The lowest BCUT2D eigenvalue weighted by Crippen LogP contribution is -2.51. The molecule has 2 fully saturated rings. The van der Waals surface area contributed by atoms with Crippen LogP contribution < -0.4 is 10.7 Å². The molecule has 142 valence electrons. The molecule has 1 saturated heterocycles. The Hall–Kier alpha value is -2.83. The summed E-state index contributed by atoms with van der Waals surface area (Å²) in [6.45, 7) is 6.11. The highest BCUT2D eigenvalue weighted by Gasteiger charge is 2.52. The lowest BCUT2D eigenvalue weighted by Gasteiger charge is -2.33. The summed E-state index contributed by atoms with van der Waals surface area (Å²) >= 11 is 0. The Morgan fingerprint density at radius 3 is 2.63 bits per heavy atom. The smallest absolute Gasteiger partial charge is 0.344 e. The first-order chi connectivity index (χ1) is 12.8. The van der Waals surface area contributed by atoms with Gasteiger partial charge in [0.1, 0.15) is 5.54 Å². The number of hydrogen-bond donors (Lipinski definition) is 3. The van der Waals surface area contributed by atoms with E-state index in [4.69, 9.17) is 0 Å². The van der Waals surface area contributed by atoms with Crippen LogP contribution in [0.1, 0.15) is 54.2 Å². The molecule has 4 amide bonds. The molecule has 7 nitrogen and oxygen atoms in total. The van der Waals surface area contributed by atoms with Crippen LogP contribution in [0.15, 0.2) is 18.2 Å². The van der Waals surface area contributed by atoms with Crippen LogP contribution in [0.3, 0.4) is 0 Å². The number of hydrazine groups is 1. The van der Waals surface area contributed by atoms with Gasteiger partial charge in [0.2, 0.25) is 0 Å². The summed E-state index contributed by atoms with van der Waals surface area (Å²) in [5.41, 5.74) is 5.10. The van der Waals surface area contributed by atoms with Crippen LogP contribution in [-0.2, 0) is 4.79 Å². The number of nitrogens with zero attached hydrogens (tertiary/aromatic N) is 1. The molecule has 27 heavy (non-hydrogen) atoms. The summed E-state index contributed by atoms with van der Waals surface area (Å²) in [6, 6.07) is 4.74. The summed E-state index contributed by atoms with van der Waals surface area (Å²) in [5.74, 6) is -0.286. The van der Waals surface area contributed by atoms with E-state index in [1.165, 1.54) is 0 Å². The highest BCUT2D eigenvalue weighted by molar-refractivity contribution is 6.09. The molecule has 2 heterocycles. The topological polar surface area (TPSA) is 94.3 Å². The van der Waals surface area contributed by atoms with E-state index in [1.807, 2.05) is 19.9 Å². The van der Waals surface area contributed by atoms with Crippen LogP contribution >= 0.6 is 0 Å². The van der Waals surface area contributed by atoms with Gasteiger partial charge in [0.05, 0.1) is 0 Å². The average molecular weight is 368 g/mol. The Morgan fingerprint density at radius 2 is 1.93 bits per heavy atom. The first kappa shape index (κ1) is 17.6. The number of aromatic amines is 1. The Labute approximate surface area is 157 Å². The van der Waals surface area contributed by atoms with Gasteiger partial charge in [-0.2, -0.15) is 5.01 Å². The lowest BCUT2D eigenvalue weighted by molar-refractivity contribution is -0.134. The summed E-state index contributed by atoms with van der Waals surface area (Å²) in [6.07, 6.45) is 2.99. The third-order valence-electron chi connectivity index (χ3n) is 6.07. The number of hydrogen-bond acceptors (Lipinski definition) is 3. The number of rotatable bonds is 2. The number of urea groups is 1.